The molecule has 0 spiro atoms. The van der Waals surface area contributed by atoms with E-state index in [1.807, 2.05) is 0 Å². The SMILES string of the molecule is Cc1cc(OC(F)(F)C(=O)O)c(C(C)C)cc1Cl. The third-order valence-corrected chi connectivity index (χ3v) is 2.81. The minimum absolute atomic E-state index is 0.123. The zero-order chi connectivity index (χ0) is 14.1. The van der Waals surface area contributed by atoms with Crippen LogP contribution < -0.4 is 4.74 Å². The number of carbonyl (C=O) groups is 1. The van der Waals surface area contributed by atoms with Gasteiger partial charge in [-0.2, -0.15) is 8.78 Å². The molecule has 0 unspecified atom stereocenters. The van der Waals surface area contributed by atoms with Gasteiger partial charge in [0, 0.05) is 5.02 Å². The lowest BCUT2D eigenvalue weighted by molar-refractivity contribution is -0.211. The van der Waals surface area contributed by atoms with Crippen LogP contribution in [0.2, 0.25) is 5.02 Å². The van der Waals surface area contributed by atoms with Crippen molar-refractivity contribution in [1.82, 2.24) is 0 Å². The second-order valence-electron chi connectivity index (χ2n) is 4.22. The van der Waals surface area contributed by atoms with E-state index in [4.69, 9.17) is 16.7 Å². The monoisotopic (exact) mass is 278 g/mol. The van der Waals surface area contributed by atoms with E-state index >= 15 is 0 Å². The topological polar surface area (TPSA) is 46.5 Å². The number of halogens is 3. The lowest BCUT2D eigenvalue weighted by Crippen LogP contribution is -2.35. The molecule has 100 valence electrons. The Morgan fingerprint density at radius 3 is 2.44 bits per heavy atom. The highest BCUT2D eigenvalue weighted by molar-refractivity contribution is 6.31. The van der Waals surface area contributed by atoms with E-state index in [1.165, 1.54) is 12.1 Å². The number of benzene rings is 1. The Labute approximate surface area is 108 Å². The van der Waals surface area contributed by atoms with E-state index < -0.39 is 12.1 Å². The van der Waals surface area contributed by atoms with Gasteiger partial charge in [0.2, 0.25) is 0 Å². The van der Waals surface area contributed by atoms with Crippen molar-refractivity contribution >= 4 is 17.6 Å². The molecule has 1 aromatic rings. The van der Waals surface area contributed by atoms with E-state index in [0.29, 0.717) is 16.1 Å². The summed E-state index contributed by atoms with van der Waals surface area (Å²) in [5, 5.41) is 8.78. The van der Waals surface area contributed by atoms with Crippen molar-refractivity contribution in [1.29, 1.82) is 0 Å². The third-order valence-electron chi connectivity index (χ3n) is 2.40. The van der Waals surface area contributed by atoms with Crippen LogP contribution in [0.3, 0.4) is 0 Å². The lowest BCUT2D eigenvalue weighted by atomic mass is 10.0. The van der Waals surface area contributed by atoms with Crippen molar-refractivity contribution in [2.24, 2.45) is 0 Å². The number of ether oxygens (including phenoxy) is 1. The number of carboxylic acids is 1. The molecule has 3 nitrogen and oxygen atoms in total. The Balaban J connectivity index is 3.23. The van der Waals surface area contributed by atoms with Crippen LogP contribution in [0.4, 0.5) is 8.78 Å². The van der Waals surface area contributed by atoms with Crippen LogP contribution >= 0.6 is 11.6 Å². The molecule has 0 aliphatic rings. The molecular formula is C12H13ClF2O3. The number of hydrogen-bond donors (Lipinski definition) is 1. The summed E-state index contributed by atoms with van der Waals surface area (Å²) in [6, 6.07) is 2.82. The van der Waals surface area contributed by atoms with Gasteiger partial charge in [0.1, 0.15) is 5.75 Å². The van der Waals surface area contributed by atoms with E-state index in [1.54, 1.807) is 20.8 Å². The average molecular weight is 279 g/mol. The number of rotatable bonds is 4. The summed E-state index contributed by atoms with van der Waals surface area (Å²) in [6.07, 6.45) is -4.26. The van der Waals surface area contributed by atoms with Gasteiger partial charge in [0.15, 0.2) is 0 Å². The van der Waals surface area contributed by atoms with Gasteiger partial charge < -0.3 is 9.84 Å². The van der Waals surface area contributed by atoms with E-state index in [0.717, 1.165) is 0 Å². The molecule has 6 heteroatoms. The second kappa shape index (κ2) is 5.10. The molecule has 1 aromatic carbocycles. The van der Waals surface area contributed by atoms with Gasteiger partial charge in [-0.05, 0) is 36.1 Å². The van der Waals surface area contributed by atoms with Crippen molar-refractivity contribution in [2.45, 2.75) is 32.8 Å². The smallest absolute Gasteiger partial charge is 0.474 e. The summed E-state index contributed by atoms with van der Waals surface area (Å²) in [6.45, 7) is 5.16. The van der Waals surface area contributed by atoms with Gasteiger partial charge in [0.05, 0.1) is 0 Å². The van der Waals surface area contributed by atoms with Crippen LogP contribution in [0.15, 0.2) is 12.1 Å². The summed E-state index contributed by atoms with van der Waals surface area (Å²) in [5.41, 5.74) is 0.976. The molecule has 1 N–H and O–H groups in total. The van der Waals surface area contributed by atoms with E-state index in [2.05, 4.69) is 4.74 Å². The first-order valence-electron chi connectivity index (χ1n) is 5.25. The fourth-order valence-corrected chi connectivity index (χ4v) is 1.56. The van der Waals surface area contributed by atoms with Gasteiger partial charge in [-0.3, -0.25) is 0 Å². The highest BCUT2D eigenvalue weighted by Crippen LogP contribution is 2.34. The van der Waals surface area contributed by atoms with Crippen molar-refractivity contribution in [2.75, 3.05) is 0 Å². The van der Waals surface area contributed by atoms with Crippen LogP contribution in [0.5, 0.6) is 5.75 Å². The molecule has 0 saturated carbocycles. The Morgan fingerprint density at radius 1 is 1.44 bits per heavy atom. The highest BCUT2D eigenvalue weighted by atomic mass is 35.5. The molecule has 0 radical (unpaired) electrons. The van der Waals surface area contributed by atoms with E-state index in [-0.39, 0.29) is 11.7 Å². The second-order valence-corrected chi connectivity index (χ2v) is 4.63. The van der Waals surface area contributed by atoms with Gasteiger partial charge >= 0.3 is 12.1 Å². The Hall–Kier alpha value is -1.36. The van der Waals surface area contributed by atoms with Gasteiger partial charge in [-0.15, -0.1) is 0 Å². The van der Waals surface area contributed by atoms with Crippen molar-refractivity contribution in [3.8, 4) is 5.75 Å². The first-order chi connectivity index (χ1) is 8.15. The van der Waals surface area contributed by atoms with Crippen LogP contribution in [0, 0.1) is 6.92 Å². The molecule has 0 atom stereocenters. The van der Waals surface area contributed by atoms with Crippen LogP contribution in [-0.2, 0) is 4.79 Å². The number of carboxylic acid groups (broad SMARTS) is 1. The highest BCUT2D eigenvalue weighted by Gasteiger charge is 2.43. The molecule has 0 saturated heterocycles. The molecular weight excluding hydrogens is 266 g/mol. The number of hydrogen-bond acceptors (Lipinski definition) is 2. The van der Waals surface area contributed by atoms with Crippen molar-refractivity contribution < 1.29 is 23.4 Å². The van der Waals surface area contributed by atoms with Gasteiger partial charge in [-0.1, -0.05) is 25.4 Å². The molecule has 0 heterocycles. The summed E-state index contributed by atoms with van der Waals surface area (Å²) in [5.74, 6) is -2.62. The predicted molar refractivity (Wildman–Crippen MR) is 63.5 cm³/mol. The lowest BCUT2D eigenvalue weighted by Gasteiger charge is -2.19. The first kappa shape index (κ1) is 14.7. The molecule has 0 aliphatic heterocycles. The minimum atomic E-state index is -4.26. The summed E-state index contributed by atoms with van der Waals surface area (Å²) in [4.78, 5) is 10.4. The maximum absolute atomic E-state index is 13.1. The average Bonchev–Trinajstić information content (AvgIpc) is 2.22. The molecule has 0 aliphatic carbocycles. The maximum atomic E-state index is 13.1. The predicted octanol–water partition coefficient (Wildman–Crippen LogP) is 3.83. The Morgan fingerprint density at radius 2 is 2.00 bits per heavy atom. The zero-order valence-corrected chi connectivity index (χ0v) is 10.9. The molecule has 0 fully saturated rings. The fourth-order valence-electron chi connectivity index (χ4n) is 1.39. The largest absolute Gasteiger partial charge is 0.501 e. The van der Waals surface area contributed by atoms with Gasteiger partial charge in [0.25, 0.3) is 0 Å². The molecule has 0 amide bonds. The normalized spacial score (nSPS) is 11.7. The zero-order valence-electron chi connectivity index (χ0n) is 10.1. The van der Waals surface area contributed by atoms with Crippen molar-refractivity contribution in [3.63, 3.8) is 0 Å². The molecule has 0 bridgehead atoms. The quantitative estimate of drug-likeness (QED) is 0.910. The fraction of sp³-hybridized carbons (Fsp3) is 0.417. The summed E-state index contributed by atoms with van der Waals surface area (Å²) in [7, 11) is 0. The van der Waals surface area contributed by atoms with Crippen molar-refractivity contribution in [3.05, 3.63) is 28.3 Å². The Kier molecular flexibility index (Phi) is 4.16. The molecule has 0 aromatic heterocycles. The molecule has 18 heavy (non-hydrogen) atoms. The third kappa shape index (κ3) is 3.10. The van der Waals surface area contributed by atoms with E-state index in [9.17, 15) is 13.6 Å². The number of alkyl halides is 2. The van der Waals surface area contributed by atoms with Crippen LogP contribution in [-0.4, -0.2) is 17.2 Å². The van der Waals surface area contributed by atoms with Crippen LogP contribution in [0.25, 0.3) is 0 Å². The first-order valence-corrected chi connectivity index (χ1v) is 5.63. The van der Waals surface area contributed by atoms with Gasteiger partial charge in [-0.25, -0.2) is 4.79 Å². The summed E-state index contributed by atoms with van der Waals surface area (Å²) < 4.78 is 30.4. The van der Waals surface area contributed by atoms with Crippen LogP contribution in [0.1, 0.15) is 30.9 Å². The maximum Gasteiger partial charge on any atom is 0.501 e. The molecule has 1 rings (SSSR count). The standard InChI is InChI=1S/C12H13ClF2O3/c1-6(2)8-5-9(13)7(3)4-10(8)18-12(14,15)11(16)17/h4-6H,1-3H3,(H,16,17). The number of aliphatic carboxylic acids is 1. The Bertz CT molecular complexity index is 473. The summed E-state index contributed by atoms with van der Waals surface area (Å²) >= 11 is 5.90. The number of aryl methyl sites for hydroxylation is 1. The minimum Gasteiger partial charge on any atom is -0.474 e.